The topological polar surface area (TPSA) is 0 Å². The van der Waals surface area contributed by atoms with E-state index in [1.54, 1.807) is 0 Å². The Balaban J connectivity index is 2.41. The summed E-state index contributed by atoms with van der Waals surface area (Å²) in [4.78, 5) is 1.23. The fraction of sp³-hybridized carbons (Fsp3) is 0.231. The fourth-order valence-corrected chi connectivity index (χ4v) is 2.24. The lowest BCUT2D eigenvalue weighted by Gasteiger charge is -2.05. The Morgan fingerprint density at radius 3 is 2.64 bits per heavy atom. The normalized spacial score (nSPS) is 11.1. The molecule has 0 aliphatic carbocycles. The second-order valence-electron chi connectivity index (χ2n) is 3.58. The molecule has 2 aromatic carbocycles. The summed E-state index contributed by atoms with van der Waals surface area (Å²) in [6.07, 6.45) is 0. The van der Waals surface area contributed by atoms with Crippen molar-refractivity contribution in [1.82, 2.24) is 0 Å². The summed E-state index contributed by atoms with van der Waals surface area (Å²) in [5, 5.41) is 3.09. The van der Waals surface area contributed by atoms with Crippen LogP contribution in [-0.4, -0.2) is 5.25 Å². The number of hydrogen-bond acceptors (Lipinski definition) is 1. The summed E-state index contributed by atoms with van der Waals surface area (Å²) < 4.78 is 0. The molecule has 0 aliphatic heterocycles. The van der Waals surface area contributed by atoms with Crippen LogP contribution in [0.3, 0.4) is 0 Å². The quantitative estimate of drug-likeness (QED) is 0.658. The molecule has 0 atom stereocenters. The van der Waals surface area contributed by atoms with Crippen molar-refractivity contribution < 1.29 is 0 Å². The molecule has 0 saturated carbocycles. The van der Waals surface area contributed by atoms with Crippen molar-refractivity contribution in [2.24, 2.45) is 0 Å². The highest BCUT2D eigenvalue weighted by Crippen LogP contribution is 2.25. The SMILES string of the molecule is CC(C)Sc1[c]c2ccccc2cc1. The van der Waals surface area contributed by atoms with Crippen LogP contribution in [0.2, 0.25) is 0 Å². The third kappa shape index (κ3) is 2.10. The van der Waals surface area contributed by atoms with E-state index in [2.05, 4.69) is 56.3 Å². The van der Waals surface area contributed by atoms with E-state index in [4.69, 9.17) is 0 Å². The summed E-state index contributed by atoms with van der Waals surface area (Å²) in [7, 11) is 0. The monoisotopic (exact) mass is 201 g/mol. The summed E-state index contributed by atoms with van der Waals surface area (Å²) >= 11 is 1.86. The van der Waals surface area contributed by atoms with Gasteiger partial charge in [0.1, 0.15) is 0 Å². The highest BCUT2D eigenvalue weighted by molar-refractivity contribution is 7.99. The largest absolute Gasteiger partial charge is 0.123 e. The Morgan fingerprint density at radius 1 is 1.07 bits per heavy atom. The van der Waals surface area contributed by atoms with Gasteiger partial charge in [0.15, 0.2) is 0 Å². The van der Waals surface area contributed by atoms with Crippen LogP contribution >= 0.6 is 11.8 Å². The maximum atomic E-state index is 3.42. The van der Waals surface area contributed by atoms with Crippen molar-refractivity contribution in [2.75, 3.05) is 0 Å². The molecule has 0 heterocycles. The maximum absolute atomic E-state index is 3.42. The van der Waals surface area contributed by atoms with Gasteiger partial charge in [-0.05, 0) is 16.8 Å². The number of rotatable bonds is 2. The minimum atomic E-state index is 0.618. The van der Waals surface area contributed by atoms with Gasteiger partial charge in [0.2, 0.25) is 0 Å². The molecule has 0 unspecified atom stereocenters. The zero-order valence-corrected chi connectivity index (χ0v) is 9.27. The molecule has 0 spiro atoms. The van der Waals surface area contributed by atoms with Crippen molar-refractivity contribution in [3.05, 3.63) is 42.5 Å². The Labute approximate surface area is 89.3 Å². The van der Waals surface area contributed by atoms with Gasteiger partial charge < -0.3 is 0 Å². The van der Waals surface area contributed by atoms with Crippen molar-refractivity contribution in [3.63, 3.8) is 0 Å². The maximum Gasteiger partial charge on any atom is 0.0160 e. The molecule has 0 aromatic heterocycles. The predicted molar refractivity (Wildman–Crippen MR) is 63.8 cm³/mol. The molecular weight excluding hydrogens is 188 g/mol. The molecule has 0 aliphatic rings. The molecule has 0 N–H and O–H groups in total. The molecule has 2 rings (SSSR count). The zero-order chi connectivity index (χ0) is 9.97. The molecule has 0 amide bonds. The molecule has 0 fully saturated rings. The molecule has 14 heavy (non-hydrogen) atoms. The standard InChI is InChI=1S/C13H13S/c1-10(2)14-13-8-7-11-5-3-4-6-12(11)9-13/h3-8,10H,1-2H3. The van der Waals surface area contributed by atoms with Crippen LogP contribution in [-0.2, 0) is 0 Å². The van der Waals surface area contributed by atoms with Crippen molar-refractivity contribution >= 4 is 22.5 Å². The zero-order valence-electron chi connectivity index (χ0n) is 8.45. The van der Waals surface area contributed by atoms with E-state index in [-0.39, 0.29) is 0 Å². The second kappa shape index (κ2) is 4.05. The summed E-state index contributed by atoms with van der Waals surface area (Å²) in [6.45, 7) is 4.40. The minimum absolute atomic E-state index is 0.618. The number of hydrogen-bond donors (Lipinski definition) is 0. The lowest BCUT2D eigenvalue weighted by Crippen LogP contribution is -1.85. The van der Waals surface area contributed by atoms with Crippen LogP contribution in [0.15, 0.2) is 41.3 Å². The molecule has 1 radical (unpaired) electrons. The van der Waals surface area contributed by atoms with Gasteiger partial charge in [-0.3, -0.25) is 0 Å². The average Bonchev–Trinajstić information content (AvgIpc) is 2.17. The average molecular weight is 201 g/mol. The highest BCUT2D eigenvalue weighted by Gasteiger charge is 1.99. The molecule has 2 aromatic rings. The number of benzene rings is 2. The first-order chi connectivity index (χ1) is 6.75. The minimum Gasteiger partial charge on any atom is -0.123 e. The van der Waals surface area contributed by atoms with E-state index in [0.29, 0.717) is 5.25 Å². The number of fused-ring (bicyclic) bond motifs is 1. The van der Waals surface area contributed by atoms with Crippen molar-refractivity contribution in [1.29, 1.82) is 0 Å². The van der Waals surface area contributed by atoms with Gasteiger partial charge in [-0.25, -0.2) is 0 Å². The van der Waals surface area contributed by atoms with E-state index >= 15 is 0 Å². The van der Waals surface area contributed by atoms with E-state index < -0.39 is 0 Å². The van der Waals surface area contributed by atoms with Gasteiger partial charge in [0.05, 0.1) is 0 Å². The first-order valence-electron chi connectivity index (χ1n) is 4.83. The Kier molecular flexibility index (Phi) is 2.78. The highest BCUT2D eigenvalue weighted by atomic mass is 32.2. The summed E-state index contributed by atoms with van der Waals surface area (Å²) in [5.74, 6) is 0. The fourth-order valence-electron chi connectivity index (χ4n) is 1.42. The Bertz CT molecular complexity index is 432. The van der Waals surface area contributed by atoms with Gasteiger partial charge in [-0.1, -0.05) is 44.2 Å². The van der Waals surface area contributed by atoms with Gasteiger partial charge in [0, 0.05) is 16.2 Å². The molecule has 71 valence electrons. The predicted octanol–water partition coefficient (Wildman–Crippen LogP) is 4.14. The van der Waals surface area contributed by atoms with E-state index in [1.165, 1.54) is 15.7 Å². The molecule has 0 saturated heterocycles. The van der Waals surface area contributed by atoms with Gasteiger partial charge in [-0.2, -0.15) is 0 Å². The lowest BCUT2D eigenvalue weighted by molar-refractivity contribution is 1.11. The summed E-state index contributed by atoms with van der Waals surface area (Å²) in [5.41, 5.74) is 0. The first kappa shape index (κ1) is 9.60. The van der Waals surface area contributed by atoms with E-state index in [9.17, 15) is 0 Å². The number of thioether (sulfide) groups is 1. The van der Waals surface area contributed by atoms with Crippen LogP contribution in [0.1, 0.15) is 13.8 Å². The second-order valence-corrected chi connectivity index (χ2v) is 5.19. The van der Waals surface area contributed by atoms with E-state index in [1.807, 2.05) is 11.8 Å². The Hall–Kier alpha value is -0.950. The molecular formula is C13H13S. The van der Waals surface area contributed by atoms with Crippen molar-refractivity contribution in [3.8, 4) is 0 Å². The van der Waals surface area contributed by atoms with E-state index in [0.717, 1.165) is 0 Å². The molecule has 0 bridgehead atoms. The smallest absolute Gasteiger partial charge is 0.0160 e. The van der Waals surface area contributed by atoms with Gasteiger partial charge >= 0.3 is 0 Å². The Morgan fingerprint density at radius 2 is 1.86 bits per heavy atom. The van der Waals surface area contributed by atoms with Crippen LogP contribution in [0.25, 0.3) is 10.8 Å². The van der Waals surface area contributed by atoms with Crippen LogP contribution in [0.5, 0.6) is 0 Å². The lowest BCUT2D eigenvalue weighted by atomic mass is 10.1. The van der Waals surface area contributed by atoms with Crippen molar-refractivity contribution in [2.45, 2.75) is 24.0 Å². The first-order valence-corrected chi connectivity index (χ1v) is 5.71. The third-order valence-electron chi connectivity index (χ3n) is 2.00. The molecule has 1 heteroatoms. The third-order valence-corrected chi connectivity index (χ3v) is 2.96. The van der Waals surface area contributed by atoms with Crippen LogP contribution in [0, 0.1) is 6.07 Å². The van der Waals surface area contributed by atoms with Gasteiger partial charge in [0.25, 0.3) is 0 Å². The van der Waals surface area contributed by atoms with Gasteiger partial charge in [-0.15, -0.1) is 11.8 Å². The summed E-state index contributed by atoms with van der Waals surface area (Å²) in [6, 6.07) is 16.1. The molecule has 0 nitrogen and oxygen atoms in total. The van der Waals surface area contributed by atoms with Crippen LogP contribution in [0.4, 0.5) is 0 Å². The van der Waals surface area contributed by atoms with Crippen LogP contribution < -0.4 is 0 Å².